The Morgan fingerprint density at radius 2 is 1.86 bits per heavy atom. The highest BCUT2D eigenvalue weighted by Gasteiger charge is 2.20. The SMILES string of the molecule is CN1CCN(NC(CN)c2ccc3c(c2)OCCO3)CC1. The molecule has 3 rings (SSSR count). The third-order valence-corrected chi connectivity index (χ3v) is 4.05. The van der Waals surface area contributed by atoms with Gasteiger partial charge in [0.2, 0.25) is 0 Å². The van der Waals surface area contributed by atoms with Crippen LogP contribution >= 0.6 is 0 Å². The Balaban J connectivity index is 1.68. The van der Waals surface area contributed by atoms with E-state index in [4.69, 9.17) is 15.2 Å². The maximum Gasteiger partial charge on any atom is 0.161 e. The van der Waals surface area contributed by atoms with E-state index in [0.29, 0.717) is 19.8 Å². The molecule has 0 bridgehead atoms. The number of likely N-dealkylation sites (N-methyl/N-ethyl adjacent to an activating group) is 1. The lowest BCUT2D eigenvalue weighted by molar-refractivity contribution is 0.0878. The minimum absolute atomic E-state index is 0.101. The second-order valence-electron chi connectivity index (χ2n) is 5.61. The number of hydrazine groups is 1. The predicted octanol–water partition coefficient (Wildman–Crippen LogP) is 0.210. The van der Waals surface area contributed by atoms with Crippen molar-refractivity contribution in [3.63, 3.8) is 0 Å². The summed E-state index contributed by atoms with van der Waals surface area (Å²) in [6, 6.07) is 6.17. The Morgan fingerprint density at radius 3 is 2.57 bits per heavy atom. The highest BCUT2D eigenvalue weighted by atomic mass is 16.6. The Morgan fingerprint density at radius 1 is 1.14 bits per heavy atom. The summed E-state index contributed by atoms with van der Waals surface area (Å²) in [5.41, 5.74) is 10.6. The summed E-state index contributed by atoms with van der Waals surface area (Å²) >= 11 is 0. The van der Waals surface area contributed by atoms with E-state index < -0.39 is 0 Å². The number of hydrogen-bond donors (Lipinski definition) is 2. The van der Waals surface area contributed by atoms with E-state index in [1.54, 1.807) is 0 Å². The van der Waals surface area contributed by atoms with E-state index in [9.17, 15) is 0 Å². The summed E-state index contributed by atoms with van der Waals surface area (Å²) in [5.74, 6) is 1.64. The van der Waals surface area contributed by atoms with Crippen LogP contribution in [0.1, 0.15) is 11.6 Å². The van der Waals surface area contributed by atoms with Crippen LogP contribution < -0.4 is 20.6 Å². The van der Waals surface area contributed by atoms with Crippen LogP contribution in [0, 0.1) is 0 Å². The second kappa shape index (κ2) is 6.62. The van der Waals surface area contributed by atoms with Crippen molar-refractivity contribution >= 4 is 0 Å². The molecule has 0 saturated carbocycles. The molecule has 1 aromatic carbocycles. The van der Waals surface area contributed by atoms with Gasteiger partial charge in [-0.3, -0.25) is 0 Å². The van der Waals surface area contributed by atoms with E-state index >= 15 is 0 Å². The van der Waals surface area contributed by atoms with Gasteiger partial charge in [0, 0.05) is 32.7 Å². The first-order chi connectivity index (χ1) is 10.3. The quantitative estimate of drug-likeness (QED) is 0.827. The standard InChI is InChI=1S/C15H24N4O2/c1-18-4-6-19(7-5-18)17-13(11-16)12-2-3-14-15(10-12)21-9-8-20-14/h2-3,10,13,17H,4-9,11,16H2,1H3. The first kappa shape index (κ1) is 14.6. The highest BCUT2D eigenvalue weighted by Crippen LogP contribution is 2.32. The van der Waals surface area contributed by atoms with Gasteiger partial charge in [-0.2, -0.15) is 0 Å². The molecule has 6 nitrogen and oxygen atoms in total. The van der Waals surface area contributed by atoms with Crippen molar-refractivity contribution in [3.05, 3.63) is 23.8 Å². The van der Waals surface area contributed by atoms with E-state index in [-0.39, 0.29) is 6.04 Å². The van der Waals surface area contributed by atoms with Gasteiger partial charge in [-0.1, -0.05) is 6.07 Å². The van der Waals surface area contributed by atoms with E-state index in [1.807, 2.05) is 12.1 Å². The molecule has 2 heterocycles. The largest absolute Gasteiger partial charge is 0.486 e. The van der Waals surface area contributed by atoms with Gasteiger partial charge in [-0.05, 0) is 24.7 Å². The number of piperazine rings is 1. The van der Waals surface area contributed by atoms with Crippen molar-refractivity contribution in [1.29, 1.82) is 0 Å². The number of rotatable bonds is 4. The smallest absolute Gasteiger partial charge is 0.161 e. The lowest BCUT2D eigenvalue weighted by Gasteiger charge is -2.35. The van der Waals surface area contributed by atoms with Crippen LogP contribution in [0.4, 0.5) is 0 Å². The normalized spacial score (nSPS) is 21.2. The second-order valence-corrected chi connectivity index (χ2v) is 5.61. The van der Waals surface area contributed by atoms with Crippen molar-refractivity contribution < 1.29 is 9.47 Å². The third-order valence-electron chi connectivity index (χ3n) is 4.05. The van der Waals surface area contributed by atoms with E-state index in [1.165, 1.54) is 0 Å². The van der Waals surface area contributed by atoms with Gasteiger partial charge in [-0.15, -0.1) is 0 Å². The van der Waals surface area contributed by atoms with Crippen LogP contribution in [0.15, 0.2) is 18.2 Å². The number of nitrogens with zero attached hydrogens (tertiary/aromatic N) is 2. The zero-order valence-electron chi connectivity index (χ0n) is 12.5. The molecular formula is C15H24N4O2. The Kier molecular flexibility index (Phi) is 4.60. The van der Waals surface area contributed by atoms with Crippen molar-refractivity contribution in [3.8, 4) is 11.5 Å². The molecule has 0 aromatic heterocycles. The van der Waals surface area contributed by atoms with Gasteiger partial charge >= 0.3 is 0 Å². The first-order valence-corrected chi connectivity index (χ1v) is 7.55. The van der Waals surface area contributed by atoms with Crippen LogP contribution in [0.5, 0.6) is 11.5 Å². The average molecular weight is 292 g/mol. The Labute approximate surface area is 125 Å². The molecule has 0 spiro atoms. The van der Waals surface area contributed by atoms with Crippen LogP contribution in [0.2, 0.25) is 0 Å². The summed E-state index contributed by atoms with van der Waals surface area (Å²) in [6.45, 7) is 5.94. The first-order valence-electron chi connectivity index (χ1n) is 7.55. The molecule has 0 aliphatic carbocycles. The monoisotopic (exact) mass is 292 g/mol. The van der Waals surface area contributed by atoms with Gasteiger partial charge in [0.15, 0.2) is 11.5 Å². The number of hydrogen-bond acceptors (Lipinski definition) is 6. The lowest BCUT2D eigenvalue weighted by Crippen LogP contribution is -2.52. The van der Waals surface area contributed by atoms with E-state index in [2.05, 4.69) is 28.4 Å². The summed E-state index contributed by atoms with van der Waals surface area (Å²) in [4.78, 5) is 2.33. The van der Waals surface area contributed by atoms with Crippen molar-refractivity contribution in [2.75, 3.05) is 53.0 Å². The molecule has 0 amide bonds. The lowest BCUT2D eigenvalue weighted by atomic mass is 10.1. The summed E-state index contributed by atoms with van der Waals surface area (Å²) in [6.07, 6.45) is 0. The molecule has 3 N–H and O–H groups in total. The van der Waals surface area contributed by atoms with Gasteiger partial charge in [0.25, 0.3) is 0 Å². The molecule has 6 heteroatoms. The Bertz CT molecular complexity index is 475. The van der Waals surface area contributed by atoms with Crippen molar-refractivity contribution in [1.82, 2.24) is 15.3 Å². The predicted molar refractivity (Wildman–Crippen MR) is 81.4 cm³/mol. The molecular weight excluding hydrogens is 268 g/mol. The molecule has 2 aliphatic heterocycles. The summed E-state index contributed by atoms with van der Waals surface area (Å²) in [7, 11) is 2.15. The maximum absolute atomic E-state index is 5.95. The van der Waals surface area contributed by atoms with E-state index in [0.717, 1.165) is 43.2 Å². The van der Waals surface area contributed by atoms with Gasteiger partial charge < -0.3 is 20.1 Å². The maximum atomic E-state index is 5.95. The van der Waals surface area contributed by atoms with Crippen LogP contribution in [-0.2, 0) is 0 Å². The Hall–Kier alpha value is -1.34. The van der Waals surface area contributed by atoms with Gasteiger partial charge in [0.05, 0.1) is 6.04 Å². The van der Waals surface area contributed by atoms with Crippen LogP contribution in [0.25, 0.3) is 0 Å². The zero-order chi connectivity index (χ0) is 14.7. The zero-order valence-corrected chi connectivity index (χ0v) is 12.5. The summed E-state index contributed by atoms with van der Waals surface area (Å²) < 4.78 is 11.2. The molecule has 1 atom stereocenters. The number of fused-ring (bicyclic) bond motifs is 1. The number of nitrogens with one attached hydrogen (secondary N) is 1. The number of ether oxygens (including phenoxy) is 2. The highest BCUT2D eigenvalue weighted by molar-refractivity contribution is 5.44. The number of nitrogens with two attached hydrogens (primary N) is 1. The molecule has 1 unspecified atom stereocenters. The van der Waals surface area contributed by atoms with Crippen molar-refractivity contribution in [2.45, 2.75) is 6.04 Å². The van der Waals surface area contributed by atoms with Crippen LogP contribution in [-0.4, -0.2) is 62.9 Å². The van der Waals surface area contributed by atoms with Crippen LogP contribution in [0.3, 0.4) is 0 Å². The molecule has 1 saturated heterocycles. The third kappa shape index (κ3) is 3.47. The fourth-order valence-corrected chi connectivity index (χ4v) is 2.70. The summed E-state index contributed by atoms with van der Waals surface area (Å²) in [5, 5.41) is 2.26. The van der Waals surface area contributed by atoms with Gasteiger partial charge in [0.1, 0.15) is 13.2 Å². The fourth-order valence-electron chi connectivity index (χ4n) is 2.70. The molecule has 0 radical (unpaired) electrons. The fraction of sp³-hybridized carbons (Fsp3) is 0.600. The minimum Gasteiger partial charge on any atom is -0.486 e. The molecule has 21 heavy (non-hydrogen) atoms. The minimum atomic E-state index is 0.101. The molecule has 1 aromatic rings. The molecule has 1 fully saturated rings. The topological polar surface area (TPSA) is 63.0 Å². The molecule has 2 aliphatic rings. The average Bonchev–Trinajstić information content (AvgIpc) is 2.54. The van der Waals surface area contributed by atoms with Gasteiger partial charge in [-0.25, -0.2) is 10.4 Å². The molecule has 116 valence electrons. The van der Waals surface area contributed by atoms with Crippen molar-refractivity contribution in [2.24, 2.45) is 5.73 Å². The number of benzene rings is 1.